The quantitative estimate of drug-likeness (QED) is 0.883. The molecule has 1 saturated carbocycles. The fourth-order valence-corrected chi connectivity index (χ4v) is 3.93. The molecule has 2 heteroatoms. The Morgan fingerprint density at radius 1 is 1.17 bits per heavy atom. The van der Waals surface area contributed by atoms with Crippen molar-refractivity contribution in [3.8, 4) is 0 Å². The molecule has 0 heterocycles. The van der Waals surface area contributed by atoms with E-state index in [-0.39, 0.29) is 6.04 Å². The van der Waals surface area contributed by atoms with Crippen molar-refractivity contribution in [2.24, 2.45) is 5.73 Å². The lowest BCUT2D eigenvalue weighted by molar-refractivity contribution is 0.139. The van der Waals surface area contributed by atoms with E-state index in [0.29, 0.717) is 6.04 Å². The van der Waals surface area contributed by atoms with E-state index < -0.39 is 0 Å². The second-order valence-electron chi connectivity index (χ2n) is 5.76. The maximum absolute atomic E-state index is 6.30. The number of hydrogen-bond donors (Lipinski definition) is 1. The van der Waals surface area contributed by atoms with Crippen molar-refractivity contribution in [3.63, 3.8) is 0 Å². The summed E-state index contributed by atoms with van der Waals surface area (Å²) in [6, 6.07) is 10.4. The summed E-state index contributed by atoms with van der Waals surface area (Å²) in [7, 11) is 0. The van der Waals surface area contributed by atoms with Crippen LogP contribution in [0, 0.1) is 0 Å². The Hall–Kier alpha value is -0.860. The molecule has 2 atom stereocenters. The summed E-state index contributed by atoms with van der Waals surface area (Å²) in [5.74, 6) is 0. The molecule has 0 spiro atoms. The van der Waals surface area contributed by atoms with E-state index >= 15 is 0 Å². The molecule has 0 saturated heterocycles. The Labute approximate surface area is 110 Å². The average Bonchev–Trinajstić information content (AvgIpc) is 3.01. The van der Waals surface area contributed by atoms with Gasteiger partial charge in [-0.3, -0.25) is 4.90 Å². The second kappa shape index (κ2) is 5.02. The third-order valence-electron chi connectivity index (χ3n) is 4.79. The van der Waals surface area contributed by atoms with Crippen LogP contribution in [0.2, 0.25) is 0 Å². The van der Waals surface area contributed by atoms with Crippen molar-refractivity contribution >= 4 is 0 Å². The highest BCUT2D eigenvalue weighted by Crippen LogP contribution is 2.43. The van der Waals surface area contributed by atoms with Gasteiger partial charge >= 0.3 is 0 Å². The van der Waals surface area contributed by atoms with Crippen molar-refractivity contribution < 1.29 is 0 Å². The molecule has 2 aliphatic carbocycles. The molecule has 2 aliphatic rings. The van der Waals surface area contributed by atoms with Crippen molar-refractivity contribution in [1.82, 2.24) is 4.90 Å². The first-order valence-electron chi connectivity index (χ1n) is 7.41. The van der Waals surface area contributed by atoms with Gasteiger partial charge in [0.15, 0.2) is 0 Å². The topological polar surface area (TPSA) is 29.3 Å². The number of rotatable bonds is 3. The van der Waals surface area contributed by atoms with Crippen molar-refractivity contribution in [1.29, 1.82) is 0 Å². The number of hydrogen-bond acceptors (Lipinski definition) is 2. The van der Waals surface area contributed by atoms with Gasteiger partial charge in [0.1, 0.15) is 0 Å². The number of nitrogens with zero attached hydrogens (tertiary/aromatic N) is 1. The lowest BCUT2D eigenvalue weighted by Gasteiger charge is -2.34. The number of benzene rings is 1. The SMILES string of the molecule is CCN(C1CCCC1)C1CC(N)c2ccccc21. The van der Waals surface area contributed by atoms with E-state index in [2.05, 4.69) is 36.1 Å². The summed E-state index contributed by atoms with van der Waals surface area (Å²) in [5, 5.41) is 0. The van der Waals surface area contributed by atoms with Crippen molar-refractivity contribution in [3.05, 3.63) is 35.4 Å². The molecule has 3 rings (SSSR count). The Balaban J connectivity index is 1.88. The van der Waals surface area contributed by atoms with E-state index in [0.717, 1.165) is 19.0 Å². The summed E-state index contributed by atoms with van der Waals surface area (Å²) < 4.78 is 0. The Kier molecular flexibility index (Phi) is 3.40. The van der Waals surface area contributed by atoms with E-state index in [1.807, 2.05) is 0 Å². The molecule has 2 N–H and O–H groups in total. The van der Waals surface area contributed by atoms with Gasteiger partial charge in [0.05, 0.1) is 0 Å². The molecule has 0 bridgehead atoms. The van der Waals surface area contributed by atoms with Crippen LogP contribution < -0.4 is 5.73 Å². The first kappa shape index (κ1) is 12.2. The van der Waals surface area contributed by atoms with Gasteiger partial charge in [-0.2, -0.15) is 0 Å². The normalized spacial score (nSPS) is 27.9. The molecule has 0 amide bonds. The molecule has 1 aromatic rings. The first-order chi connectivity index (χ1) is 8.81. The molecule has 18 heavy (non-hydrogen) atoms. The van der Waals surface area contributed by atoms with E-state index in [1.165, 1.54) is 36.8 Å². The molecule has 1 fully saturated rings. The predicted octanol–water partition coefficient (Wildman–Crippen LogP) is 3.40. The molecule has 1 aromatic carbocycles. The number of nitrogens with two attached hydrogens (primary N) is 1. The van der Waals surface area contributed by atoms with Gasteiger partial charge in [-0.1, -0.05) is 44.0 Å². The van der Waals surface area contributed by atoms with Crippen LogP contribution in [0.25, 0.3) is 0 Å². The predicted molar refractivity (Wildman–Crippen MR) is 75.4 cm³/mol. The third-order valence-corrected chi connectivity index (χ3v) is 4.79. The minimum absolute atomic E-state index is 0.238. The minimum Gasteiger partial charge on any atom is -0.324 e. The second-order valence-corrected chi connectivity index (χ2v) is 5.76. The Morgan fingerprint density at radius 3 is 2.50 bits per heavy atom. The fraction of sp³-hybridized carbons (Fsp3) is 0.625. The molecular formula is C16H24N2. The zero-order valence-electron chi connectivity index (χ0n) is 11.3. The maximum atomic E-state index is 6.30. The van der Waals surface area contributed by atoms with E-state index in [1.54, 1.807) is 0 Å². The van der Waals surface area contributed by atoms with Gasteiger partial charge in [0.2, 0.25) is 0 Å². The molecule has 0 aromatic heterocycles. The van der Waals surface area contributed by atoms with Crippen LogP contribution in [-0.4, -0.2) is 17.5 Å². The van der Waals surface area contributed by atoms with Gasteiger partial charge < -0.3 is 5.73 Å². The molecular weight excluding hydrogens is 220 g/mol. The van der Waals surface area contributed by atoms with Gasteiger partial charge in [-0.25, -0.2) is 0 Å². The van der Waals surface area contributed by atoms with Gasteiger partial charge in [0, 0.05) is 18.1 Å². The van der Waals surface area contributed by atoms with Crippen LogP contribution >= 0.6 is 0 Å². The smallest absolute Gasteiger partial charge is 0.0372 e. The molecule has 2 unspecified atom stereocenters. The fourth-order valence-electron chi connectivity index (χ4n) is 3.93. The lowest BCUT2D eigenvalue weighted by atomic mass is 10.0. The zero-order valence-corrected chi connectivity index (χ0v) is 11.3. The zero-order chi connectivity index (χ0) is 12.5. The third kappa shape index (κ3) is 1.98. The molecule has 0 radical (unpaired) electrons. The van der Waals surface area contributed by atoms with Gasteiger partial charge in [0.25, 0.3) is 0 Å². The van der Waals surface area contributed by atoms with E-state index in [9.17, 15) is 0 Å². The first-order valence-corrected chi connectivity index (χ1v) is 7.41. The summed E-state index contributed by atoms with van der Waals surface area (Å²) in [5.41, 5.74) is 9.16. The van der Waals surface area contributed by atoms with Crippen LogP contribution in [0.5, 0.6) is 0 Å². The van der Waals surface area contributed by atoms with Crippen molar-refractivity contribution in [2.75, 3.05) is 6.54 Å². The molecule has 98 valence electrons. The molecule has 0 aliphatic heterocycles. The van der Waals surface area contributed by atoms with Crippen LogP contribution in [0.4, 0.5) is 0 Å². The highest BCUT2D eigenvalue weighted by Gasteiger charge is 2.35. The van der Waals surface area contributed by atoms with Crippen molar-refractivity contribution in [2.45, 2.75) is 57.2 Å². The average molecular weight is 244 g/mol. The lowest BCUT2D eigenvalue weighted by Crippen LogP contribution is -2.36. The molecule has 2 nitrogen and oxygen atoms in total. The van der Waals surface area contributed by atoms with Crippen LogP contribution in [0.1, 0.15) is 62.2 Å². The van der Waals surface area contributed by atoms with Gasteiger partial charge in [-0.05, 0) is 36.9 Å². The van der Waals surface area contributed by atoms with Crippen LogP contribution in [0.15, 0.2) is 24.3 Å². The van der Waals surface area contributed by atoms with Gasteiger partial charge in [-0.15, -0.1) is 0 Å². The van der Waals surface area contributed by atoms with Crippen LogP contribution in [0.3, 0.4) is 0 Å². The standard InChI is InChI=1S/C16H24N2/c1-2-18(12-7-3-4-8-12)16-11-15(17)13-9-5-6-10-14(13)16/h5-6,9-10,12,15-16H,2-4,7-8,11,17H2,1H3. The van der Waals surface area contributed by atoms with Crippen LogP contribution in [-0.2, 0) is 0 Å². The largest absolute Gasteiger partial charge is 0.324 e. The monoisotopic (exact) mass is 244 g/mol. The summed E-state index contributed by atoms with van der Waals surface area (Å²) in [6.07, 6.45) is 6.66. The highest BCUT2D eigenvalue weighted by molar-refractivity contribution is 5.37. The summed E-state index contributed by atoms with van der Waals surface area (Å²) in [6.45, 7) is 3.45. The summed E-state index contributed by atoms with van der Waals surface area (Å²) >= 11 is 0. The number of fused-ring (bicyclic) bond motifs is 1. The summed E-state index contributed by atoms with van der Waals surface area (Å²) in [4.78, 5) is 2.71. The Bertz CT molecular complexity index is 409. The Morgan fingerprint density at radius 2 is 1.83 bits per heavy atom. The van der Waals surface area contributed by atoms with E-state index in [4.69, 9.17) is 5.73 Å². The highest BCUT2D eigenvalue weighted by atomic mass is 15.2. The minimum atomic E-state index is 0.238. The maximum Gasteiger partial charge on any atom is 0.0372 e.